The molecule has 0 bridgehead atoms. The lowest BCUT2D eigenvalue weighted by molar-refractivity contribution is -0.138. The fraction of sp³-hybridized carbons (Fsp3) is 0.424. The van der Waals surface area contributed by atoms with Gasteiger partial charge in [-0.25, -0.2) is 0 Å². The molecule has 2 atom stereocenters. The smallest absolute Gasteiger partial charge is 0.417 e. The van der Waals surface area contributed by atoms with Crippen LogP contribution in [0.15, 0.2) is 42.5 Å². The SMILES string of the molecule is Cc1cc(OC2CCOCC2)cc(C)c1-c1c(C(F)(F)F)ccc2c1CC[C@H]2Oc1ccc2c(c1)OC[C@H]2CC(=O)O. The van der Waals surface area contributed by atoms with Gasteiger partial charge >= 0.3 is 12.1 Å². The first-order valence-corrected chi connectivity index (χ1v) is 14.3. The molecule has 0 unspecified atom stereocenters. The molecule has 0 radical (unpaired) electrons. The largest absolute Gasteiger partial charge is 0.492 e. The predicted molar refractivity (Wildman–Crippen MR) is 149 cm³/mol. The Balaban J connectivity index is 1.32. The third-order valence-corrected chi connectivity index (χ3v) is 8.45. The minimum atomic E-state index is -4.52. The summed E-state index contributed by atoms with van der Waals surface area (Å²) in [6, 6.07) is 11.7. The van der Waals surface area contributed by atoms with Gasteiger partial charge in [-0.3, -0.25) is 4.79 Å². The Morgan fingerprint density at radius 3 is 2.33 bits per heavy atom. The number of carboxylic acids is 1. The summed E-state index contributed by atoms with van der Waals surface area (Å²) in [5.74, 6) is 0.667. The molecular weight excluding hydrogens is 549 g/mol. The fourth-order valence-corrected chi connectivity index (χ4v) is 6.56. The number of hydrogen-bond acceptors (Lipinski definition) is 5. The molecule has 3 aliphatic rings. The lowest BCUT2D eigenvalue weighted by Crippen LogP contribution is -2.25. The Morgan fingerprint density at radius 1 is 0.929 bits per heavy atom. The van der Waals surface area contributed by atoms with Gasteiger partial charge in [0.15, 0.2) is 0 Å². The van der Waals surface area contributed by atoms with E-state index < -0.39 is 23.8 Å². The van der Waals surface area contributed by atoms with E-state index in [9.17, 15) is 18.0 Å². The Kier molecular flexibility index (Phi) is 7.55. The van der Waals surface area contributed by atoms with Gasteiger partial charge in [-0.15, -0.1) is 0 Å². The normalized spacial score (nSPS) is 20.1. The van der Waals surface area contributed by atoms with Gasteiger partial charge in [-0.1, -0.05) is 12.1 Å². The molecule has 42 heavy (non-hydrogen) atoms. The summed E-state index contributed by atoms with van der Waals surface area (Å²) in [5.41, 5.74) is 3.81. The highest BCUT2D eigenvalue weighted by Gasteiger charge is 2.39. The van der Waals surface area contributed by atoms with Crippen LogP contribution in [0.25, 0.3) is 11.1 Å². The van der Waals surface area contributed by atoms with Crippen molar-refractivity contribution in [2.24, 2.45) is 0 Å². The number of alkyl halides is 3. The molecule has 1 fully saturated rings. The zero-order valence-corrected chi connectivity index (χ0v) is 23.6. The van der Waals surface area contributed by atoms with Crippen LogP contribution in [0.1, 0.15) is 71.1 Å². The van der Waals surface area contributed by atoms with Crippen LogP contribution < -0.4 is 14.2 Å². The van der Waals surface area contributed by atoms with E-state index in [1.807, 2.05) is 32.0 Å². The summed E-state index contributed by atoms with van der Waals surface area (Å²) in [6.07, 6.45) is -2.39. The van der Waals surface area contributed by atoms with Crippen molar-refractivity contribution in [3.8, 4) is 28.4 Å². The number of fused-ring (bicyclic) bond motifs is 2. The number of carboxylic acid groups (broad SMARTS) is 1. The summed E-state index contributed by atoms with van der Waals surface area (Å²) >= 11 is 0. The number of rotatable bonds is 7. The van der Waals surface area contributed by atoms with E-state index in [4.69, 9.17) is 24.1 Å². The maximum Gasteiger partial charge on any atom is 0.417 e. The molecule has 9 heteroatoms. The molecule has 0 saturated carbocycles. The molecule has 0 aromatic heterocycles. The van der Waals surface area contributed by atoms with Crippen LogP contribution in [0.3, 0.4) is 0 Å². The van der Waals surface area contributed by atoms with Crippen LogP contribution in [0, 0.1) is 13.8 Å². The summed E-state index contributed by atoms with van der Waals surface area (Å²) in [5, 5.41) is 9.16. The minimum absolute atomic E-state index is 0.0189. The zero-order valence-electron chi connectivity index (χ0n) is 23.6. The molecule has 3 aromatic rings. The van der Waals surface area contributed by atoms with Gasteiger partial charge < -0.3 is 24.1 Å². The monoisotopic (exact) mass is 582 g/mol. The maximum atomic E-state index is 14.4. The lowest BCUT2D eigenvalue weighted by atomic mass is 9.86. The molecule has 1 N–H and O–H groups in total. The number of benzene rings is 3. The van der Waals surface area contributed by atoms with Crippen LogP contribution in [0.2, 0.25) is 0 Å². The summed E-state index contributed by atoms with van der Waals surface area (Å²) in [6.45, 7) is 5.24. The molecule has 1 saturated heterocycles. The first kappa shape index (κ1) is 28.4. The quantitative estimate of drug-likeness (QED) is 0.310. The maximum absolute atomic E-state index is 14.4. The molecule has 6 rings (SSSR count). The van der Waals surface area contributed by atoms with E-state index >= 15 is 0 Å². The number of aliphatic carboxylic acids is 1. The molecule has 2 aliphatic heterocycles. The van der Waals surface area contributed by atoms with Crippen molar-refractivity contribution < 1.29 is 42.0 Å². The second-order valence-corrected chi connectivity index (χ2v) is 11.4. The minimum Gasteiger partial charge on any atom is -0.492 e. The number of hydrogen-bond donors (Lipinski definition) is 1. The van der Waals surface area contributed by atoms with Gasteiger partial charge in [0.25, 0.3) is 0 Å². The Morgan fingerprint density at radius 2 is 1.64 bits per heavy atom. The van der Waals surface area contributed by atoms with E-state index in [-0.39, 0.29) is 24.0 Å². The molecular formula is C33H33F3O6. The highest BCUT2D eigenvalue weighted by molar-refractivity contribution is 5.80. The Hall–Kier alpha value is -3.72. The summed E-state index contributed by atoms with van der Waals surface area (Å²) in [4.78, 5) is 11.2. The number of aryl methyl sites for hydroxylation is 2. The second-order valence-electron chi connectivity index (χ2n) is 11.4. The molecule has 6 nitrogen and oxygen atoms in total. The highest BCUT2D eigenvalue weighted by atomic mass is 19.4. The predicted octanol–water partition coefficient (Wildman–Crippen LogP) is 7.56. The zero-order chi connectivity index (χ0) is 29.6. The van der Waals surface area contributed by atoms with Crippen LogP contribution in [0.4, 0.5) is 13.2 Å². The molecule has 0 spiro atoms. The van der Waals surface area contributed by atoms with Gasteiger partial charge in [0, 0.05) is 30.4 Å². The average molecular weight is 583 g/mol. The van der Waals surface area contributed by atoms with Gasteiger partial charge in [-0.2, -0.15) is 13.2 Å². The number of ether oxygens (including phenoxy) is 4. The van der Waals surface area contributed by atoms with E-state index in [2.05, 4.69) is 0 Å². The third-order valence-electron chi connectivity index (χ3n) is 8.45. The molecule has 1 aliphatic carbocycles. The Bertz CT molecular complexity index is 1490. The fourth-order valence-electron chi connectivity index (χ4n) is 6.56. The number of carbonyl (C=O) groups is 1. The van der Waals surface area contributed by atoms with E-state index in [1.54, 1.807) is 18.2 Å². The highest BCUT2D eigenvalue weighted by Crippen LogP contribution is 2.49. The topological polar surface area (TPSA) is 74.2 Å². The summed E-state index contributed by atoms with van der Waals surface area (Å²) in [7, 11) is 0. The van der Waals surface area contributed by atoms with E-state index in [0.29, 0.717) is 61.0 Å². The van der Waals surface area contributed by atoms with Crippen molar-refractivity contribution in [3.05, 3.63) is 75.8 Å². The van der Waals surface area contributed by atoms with Crippen LogP contribution in [-0.2, 0) is 22.1 Å². The van der Waals surface area contributed by atoms with E-state index in [0.717, 1.165) is 35.1 Å². The number of halogens is 3. The van der Waals surface area contributed by atoms with Gasteiger partial charge in [-0.05, 0) is 84.3 Å². The second kappa shape index (κ2) is 11.2. The third kappa shape index (κ3) is 5.54. The average Bonchev–Trinajstić information content (AvgIpc) is 3.52. The van der Waals surface area contributed by atoms with Gasteiger partial charge in [0.05, 0.1) is 31.8 Å². The summed E-state index contributed by atoms with van der Waals surface area (Å²) < 4.78 is 66.9. The van der Waals surface area contributed by atoms with Crippen molar-refractivity contribution in [1.29, 1.82) is 0 Å². The van der Waals surface area contributed by atoms with Crippen molar-refractivity contribution in [2.45, 2.75) is 70.3 Å². The van der Waals surface area contributed by atoms with Crippen molar-refractivity contribution in [1.82, 2.24) is 0 Å². The van der Waals surface area contributed by atoms with Crippen LogP contribution in [-0.4, -0.2) is 37.0 Å². The molecule has 2 heterocycles. The van der Waals surface area contributed by atoms with Crippen LogP contribution >= 0.6 is 0 Å². The van der Waals surface area contributed by atoms with Crippen molar-refractivity contribution in [2.75, 3.05) is 19.8 Å². The van der Waals surface area contributed by atoms with E-state index in [1.165, 1.54) is 6.07 Å². The van der Waals surface area contributed by atoms with Crippen LogP contribution in [0.5, 0.6) is 17.2 Å². The lowest BCUT2D eigenvalue weighted by Gasteiger charge is -2.25. The first-order valence-electron chi connectivity index (χ1n) is 14.3. The van der Waals surface area contributed by atoms with Crippen molar-refractivity contribution in [3.63, 3.8) is 0 Å². The molecule has 222 valence electrons. The first-order chi connectivity index (χ1) is 20.1. The Labute approximate surface area is 242 Å². The standard InChI is InChI=1S/C33H33F3O6/c1-18-13-23(41-21-9-11-39-12-10-21)14-19(2)31(18)32-26-6-8-28(25(26)5-7-27(32)33(34,35)36)42-22-3-4-24-20(15-30(37)38)17-40-29(24)16-22/h3-5,7,13-14,16,20-21,28H,6,8-12,15,17H2,1-2H3,(H,37,38)/t20-,28-/m1/s1. The van der Waals surface area contributed by atoms with Gasteiger partial charge in [0.1, 0.15) is 29.5 Å². The molecule has 3 aromatic carbocycles. The van der Waals surface area contributed by atoms with Gasteiger partial charge in [0.2, 0.25) is 0 Å². The van der Waals surface area contributed by atoms with Crippen molar-refractivity contribution >= 4 is 5.97 Å². The molecule has 0 amide bonds.